The highest BCUT2D eigenvalue weighted by atomic mass is 16.5. The number of ether oxygens (including phenoxy) is 2. The van der Waals surface area contributed by atoms with Crippen LogP contribution in [0.4, 0.5) is 0 Å². The van der Waals surface area contributed by atoms with Gasteiger partial charge in [-0.3, -0.25) is 0 Å². The molecule has 3 nitrogen and oxygen atoms in total. The number of methoxy groups -OCH3 is 1. The number of nitrogens with zero attached hydrogens (tertiary/aromatic N) is 1. The standard InChI is InChI=1S/C7H13NO2/c1-7(2)5-10-4-6(8-7)9-3/h4-5H2,1-3H3. The Labute approximate surface area is 61.0 Å². The Morgan fingerprint density at radius 1 is 1.60 bits per heavy atom. The molecule has 1 heterocycles. The van der Waals surface area contributed by atoms with Crippen LogP contribution in [0.1, 0.15) is 13.8 Å². The average molecular weight is 143 g/mol. The molecule has 0 radical (unpaired) electrons. The third-order valence-electron chi connectivity index (χ3n) is 1.34. The minimum absolute atomic E-state index is 0.108. The molecule has 0 atom stereocenters. The van der Waals surface area contributed by atoms with Gasteiger partial charge in [0.1, 0.15) is 6.61 Å². The molecule has 0 amide bonds. The maximum Gasteiger partial charge on any atom is 0.210 e. The SMILES string of the molecule is COC1=NC(C)(C)COC1. The van der Waals surface area contributed by atoms with Crippen LogP contribution in [0.5, 0.6) is 0 Å². The molecule has 0 aromatic heterocycles. The van der Waals surface area contributed by atoms with Gasteiger partial charge in [0.25, 0.3) is 0 Å². The third-order valence-corrected chi connectivity index (χ3v) is 1.34. The van der Waals surface area contributed by atoms with Crippen LogP contribution in [0.2, 0.25) is 0 Å². The zero-order valence-corrected chi connectivity index (χ0v) is 6.68. The zero-order valence-electron chi connectivity index (χ0n) is 6.68. The summed E-state index contributed by atoms with van der Waals surface area (Å²) in [5.74, 6) is 0.691. The highest BCUT2D eigenvalue weighted by Crippen LogP contribution is 2.13. The van der Waals surface area contributed by atoms with Gasteiger partial charge in [-0.05, 0) is 13.8 Å². The van der Waals surface area contributed by atoms with Crippen molar-refractivity contribution >= 4 is 5.90 Å². The predicted molar refractivity (Wildman–Crippen MR) is 39.3 cm³/mol. The van der Waals surface area contributed by atoms with E-state index in [2.05, 4.69) is 4.99 Å². The van der Waals surface area contributed by atoms with Crippen LogP contribution < -0.4 is 0 Å². The van der Waals surface area contributed by atoms with E-state index in [9.17, 15) is 0 Å². The van der Waals surface area contributed by atoms with Crippen molar-refractivity contribution in [2.75, 3.05) is 20.3 Å². The Bertz CT molecular complexity index is 152. The monoisotopic (exact) mass is 143 g/mol. The molecule has 1 aliphatic rings. The second kappa shape index (κ2) is 2.58. The van der Waals surface area contributed by atoms with Gasteiger partial charge in [0, 0.05) is 0 Å². The second-order valence-corrected chi connectivity index (χ2v) is 3.01. The number of aliphatic imine (C=N–C) groups is 1. The lowest BCUT2D eigenvalue weighted by molar-refractivity contribution is 0.0977. The Balaban J connectivity index is 2.66. The van der Waals surface area contributed by atoms with Crippen molar-refractivity contribution in [3.8, 4) is 0 Å². The molecular weight excluding hydrogens is 130 g/mol. The van der Waals surface area contributed by atoms with Gasteiger partial charge in [0.05, 0.1) is 19.3 Å². The maximum atomic E-state index is 5.23. The van der Waals surface area contributed by atoms with Gasteiger partial charge in [0.2, 0.25) is 5.90 Å². The Morgan fingerprint density at radius 2 is 2.30 bits per heavy atom. The van der Waals surface area contributed by atoms with Crippen molar-refractivity contribution in [1.82, 2.24) is 0 Å². The lowest BCUT2D eigenvalue weighted by Crippen LogP contribution is -2.34. The molecular formula is C7H13NO2. The van der Waals surface area contributed by atoms with E-state index in [-0.39, 0.29) is 5.54 Å². The van der Waals surface area contributed by atoms with E-state index in [4.69, 9.17) is 9.47 Å². The summed E-state index contributed by atoms with van der Waals surface area (Å²) >= 11 is 0. The smallest absolute Gasteiger partial charge is 0.210 e. The van der Waals surface area contributed by atoms with E-state index >= 15 is 0 Å². The molecule has 0 N–H and O–H groups in total. The van der Waals surface area contributed by atoms with E-state index < -0.39 is 0 Å². The van der Waals surface area contributed by atoms with Gasteiger partial charge in [-0.15, -0.1) is 0 Å². The molecule has 0 bridgehead atoms. The molecule has 1 aliphatic heterocycles. The van der Waals surface area contributed by atoms with Crippen LogP contribution in [0.15, 0.2) is 4.99 Å². The molecule has 0 aromatic rings. The van der Waals surface area contributed by atoms with Crippen molar-refractivity contribution in [1.29, 1.82) is 0 Å². The van der Waals surface area contributed by atoms with E-state index in [1.165, 1.54) is 0 Å². The summed E-state index contributed by atoms with van der Waals surface area (Å²) in [6.07, 6.45) is 0. The molecule has 0 saturated carbocycles. The maximum absolute atomic E-state index is 5.23. The lowest BCUT2D eigenvalue weighted by atomic mass is 10.1. The molecule has 58 valence electrons. The summed E-state index contributed by atoms with van der Waals surface area (Å²) < 4.78 is 10.2. The van der Waals surface area contributed by atoms with Crippen LogP contribution in [-0.4, -0.2) is 31.8 Å². The molecule has 0 saturated heterocycles. The highest BCUT2D eigenvalue weighted by Gasteiger charge is 2.22. The van der Waals surface area contributed by atoms with Gasteiger partial charge in [-0.1, -0.05) is 0 Å². The summed E-state index contributed by atoms with van der Waals surface area (Å²) in [6.45, 7) is 5.23. The molecule has 1 rings (SSSR count). The van der Waals surface area contributed by atoms with Crippen LogP contribution >= 0.6 is 0 Å². The number of hydrogen-bond acceptors (Lipinski definition) is 3. The van der Waals surface area contributed by atoms with E-state index in [0.717, 1.165) is 0 Å². The van der Waals surface area contributed by atoms with Crippen molar-refractivity contribution < 1.29 is 9.47 Å². The molecule has 0 spiro atoms. The zero-order chi connectivity index (χ0) is 7.61. The first-order chi connectivity index (χ1) is 4.64. The average Bonchev–Trinajstić information content (AvgIpc) is 1.86. The van der Waals surface area contributed by atoms with Crippen LogP contribution in [-0.2, 0) is 9.47 Å². The fourth-order valence-electron chi connectivity index (χ4n) is 0.895. The molecule has 0 aliphatic carbocycles. The number of hydrogen-bond donors (Lipinski definition) is 0. The van der Waals surface area contributed by atoms with Crippen LogP contribution in [0, 0.1) is 0 Å². The van der Waals surface area contributed by atoms with Gasteiger partial charge in [-0.2, -0.15) is 0 Å². The summed E-state index contributed by atoms with van der Waals surface area (Å²) in [5, 5.41) is 0. The topological polar surface area (TPSA) is 30.8 Å². The summed E-state index contributed by atoms with van der Waals surface area (Å²) in [5.41, 5.74) is -0.108. The van der Waals surface area contributed by atoms with Crippen molar-refractivity contribution in [2.24, 2.45) is 4.99 Å². The molecule has 0 aromatic carbocycles. The fraction of sp³-hybridized carbons (Fsp3) is 0.857. The Hall–Kier alpha value is -0.570. The molecule has 10 heavy (non-hydrogen) atoms. The summed E-state index contributed by atoms with van der Waals surface area (Å²) in [7, 11) is 1.61. The second-order valence-electron chi connectivity index (χ2n) is 3.01. The minimum atomic E-state index is -0.108. The van der Waals surface area contributed by atoms with Crippen LogP contribution in [0.25, 0.3) is 0 Å². The largest absolute Gasteiger partial charge is 0.483 e. The lowest BCUT2D eigenvalue weighted by Gasteiger charge is -2.25. The predicted octanol–water partition coefficient (Wildman–Crippen LogP) is 0.840. The summed E-state index contributed by atoms with van der Waals surface area (Å²) in [4.78, 5) is 4.30. The van der Waals surface area contributed by atoms with Crippen LogP contribution in [0.3, 0.4) is 0 Å². The van der Waals surface area contributed by atoms with Crippen molar-refractivity contribution in [3.05, 3.63) is 0 Å². The fourth-order valence-corrected chi connectivity index (χ4v) is 0.895. The minimum Gasteiger partial charge on any atom is -0.483 e. The molecule has 0 fully saturated rings. The normalized spacial score (nSPS) is 23.7. The van der Waals surface area contributed by atoms with E-state index in [1.54, 1.807) is 7.11 Å². The molecule has 0 unspecified atom stereocenters. The van der Waals surface area contributed by atoms with Crippen molar-refractivity contribution in [2.45, 2.75) is 19.4 Å². The quantitative estimate of drug-likeness (QED) is 0.503. The van der Waals surface area contributed by atoms with E-state index in [1.807, 2.05) is 13.8 Å². The highest BCUT2D eigenvalue weighted by molar-refractivity contribution is 5.78. The van der Waals surface area contributed by atoms with E-state index in [0.29, 0.717) is 19.1 Å². The summed E-state index contributed by atoms with van der Waals surface area (Å²) in [6, 6.07) is 0. The van der Waals surface area contributed by atoms with Gasteiger partial charge in [0.15, 0.2) is 0 Å². The first-order valence-electron chi connectivity index (χ1n) is 3.34. The van der Waals surface area contributed by atoms with Crippen molar-refractivity contribution in [3.63, 3.8) is 0 Å². The first-order valence-corrected chi connectivity index (χ1v) is 3.34. The van der Waals surface area contributed by atoms with Gasteiger partial charge in [-0.25, -0.2) is 4.99 Å². The Morgan fingerprint density at radius 3 is 2.70 bits per heavy atom. The number of rotatable bonds is 0. The van der Waals surface area contributed by atoms with Gasteiger partial charge >= 0.3 is 0 Å². The van der Waals surface area contributed by atoms with Gasteiger partial charge < -0.3 is 9.47 Å². The Kier molecular flexibility index (Phi) is 1.94. The third kappa shape index (κ3) is 1.70. The first kappa shape index (κ1) is 7.54. The molecule has 3 heteroatoms.